The van der Waals surface area contributed by atoms with Crippen LogP contribution >= 0.6 is 11.3 Å². The van der Waals surface area contributed by atoms with Crippen LogP contribution in [0.2, 0.25) is 0 Å². The molecule has 43 heavy (non-hydrogen) atoms. The molecule has 1 aliphatic rings. The SMILES string of the molecule is CC(=Cc1sc2ccc(C)cc2[n+]1CCCS(=O)(=O)[O-])/C=C1\Oc2ccc(-c3ccccc3)cc2N1CCCS(=O)(=O)O. The van der Waals surface area contributed by atoms with Crippen molar-refractivity contribution in [3.8, 4) is 16.9 Å². The molecule has 1 aromatic heterocycles. The van der Waals surface area contributed by atoms with Crippen molar-refractivity contribution in [3.63, 3.8) is 0 Å². The van der Waals surface area contributed by atoms with Crippen molar-refractivity contribution < 1.29 is 35.2 Å². The minimum atomic E-state index is -4.32. The Morgan fingerprint density at radius 3 is 2.49 bits per heavy atom. The smallest absolute Gasteiger partial charge is 0.264 e. The number of anilines is 1. The van der Waals surface area contributed by atoms with Crippen LogP contribution < -0.4 is 14.2 Å². The predicted octanol–water partition coefficient (Wildman–Crippen LogP) is 5.52. The number of allylic oxidation sites excluding steroid dienone is 2. The standard InChI is InChI=1S/C31H32N2O7S3/c1-22-10-13-29-27(18-22)33(15-7-17-43(37,38)39)31(41-29)20-23(2)19-30-32(14-6-16-42(34,35)36)26-21-25(11-12-28(26)40-30)24-8-4-3-5-9-24/h3-5,8-13,18-21H,6-7,14-17H2,1-2H3,(H-,34,35,36,37,38,39). The zero-order chi connectivity index (χ0) is 30.8. The van der Waals surface area contributed by atoms with Crippen LogP contribution in [-0.2, 0) is 26.8 Å². The number of nitrogens with zero attached hydrogens (tertiary/aromatic N) is 2. The number of aromatic nitrogens is 1. The van der Waals surface area contributed by atoms with E-state index < -0.39 is 26.0 Å². The molecule has 0 spiro atoms. The third-order valence-corrected chi connectivity index (χ3v) is 9.69. The maximum absolute atomic E-state index is 11.4. The lowest BCUT2D eigenvalue weighted by Crippen LogP contribution is -2.36. The zero-order valence-electron chi connectivity index (χ0n) is 23.8. The van der Waals surface area contributed by atoms with Gasteiger partial charge in [-0.1, -0.05) is 53.8 Å². The van der Waals surface area contributed by atoms with Crippen LogP contribution in [0.4, 0.5) is 5.69 Å². The lowest BCUT2D eigenvalue weighted by molar-refractivity contribution is -0.668. The molecule has 0 aliphatic carbocycles. The van der Waals surface area contributed by atoms with Gasteiger partial charge in [-0.3, -0.25) is 4.55 Å². The molecule has 3 aromatic carbocycles. The number of hydrogen-bond acceptors (Lipinski definition) is 8. The summed E-state index contributed by atoms with van der Waals surface area (Å²) in [5.41, 5.74) is 5.69. The van der Waals surface area contributed by atoms with Gasteiger partial charge in [0.15, 0.2) is 12.3 Å². The van der Waals surface area contributed by atoms with Crippen molar-refractivity contribution in [2.45, 2.75) is 33.2 Å². The molecule has 1 N–H and O–H groups in total. The average molecular weight is 641 g/mol. The Morgan fingerprint density at radius 2 is 1.77 bits per heavy atom. The molecular weight excluding hydrogens is 609 g/mol. The number of hydrogen-bond donors (Lipinski definition) is 1. The van der Waals surface area contributed by atoms with Crippen LogP contribution in [0.5, 0.6) is 5.75 Å². The minimum Gasteiger partial charge on any atom is -0.748 e. The summed E-state index contributed by atoms with van der Waals surface area (Å²) < 4.78 is 75.2. The molecule has 5 rings (SSSR count). The summed E-state index contributed by atoms with van der Waals surface area (Å²) in [4.78, 5) is 1.91. The van der Waals surface area contributed by atoms with Gasteiger partial charge in [0.1, 0.15) is 4.70 Å². The number of aryl methyl sites for hydroxylation is 2. The van der Waals surface area contributed by atoms with Gasteiger partial charge in [0.2, 0.25) is 11.4 Å². The fourth-order valence-electron chi connectivity index (χ4n) is 5.03. The molecule has 12 heteroatoms. The van der Waals surface area contributed by atoms with Gasteiger partial charge in [-0.15, -0.1) is 0 Å². The van der Waals surface area contributed by atoms with E-state index in [1.807, 2.05) is 102 Å². The van der Waals surface area contributed by atoms with Gasteiger partial charge >= 0.3 is 0 Å². The van der Waals surface area contributed by atoms with Gasteiger partial charge in [0.05, 0.1) is 21.6 Å². The Bertz CT molecular complexity index is 1930. The fourth-order valence-corrected chi connectivity index (χ4v) is 7.19. The molecule has 0 atom stereocenters. The van der Waals surface area contributed by atoms with Crippen LogP contribution in [0.1, 0.15) is 30.3 Å². The first kappa shape index (κ1) is 30.9. The molecule has 0 unspecified atom stereocenters. The van der Waals surface area contributed by atoms with Crippen LogP contribution in [0.15, 0.2) is 84.3 Å². The quantitative estimate of drug-likeness (QED) is 0.168. The van der Waals surface area contributed by atoms with Crippen molar-refractivity contribution in [2.24, 2.45) is 0 Å². The summed E-state index contributed by atoms with van der Waals surface area (Å²) in [6.07, 6.45) is 4.24. The van der Waals surface area contributed by atoms with E-state index in [-0.39, 0.29) is 18.6 Å². The van der Waals surface area contributed by atoms with E-state index in [4.69, 9.17) is 4.74 Å². The summed E-state index contributed by atoms with van der Waals surface area (Å²) >= 11 is 1.56. The van der Waals surface area contributed by atoms with Crippen LogP contribution in [0, 0.1) is 6.92 Å². The first-order valence-corrected chi connectivity index (χ1v) is 17.7. The molecule has 9 nitrogen and oxygen atoms in total. The lowest BCUT2D eigenvalue weighted by Gasteiger charge is -2.18. The van der Waals surface area contributed by atoms with Gasteiger partial charge in [-0.2, -0.15) is 13.0 Å². The maximum Gasteiger partial charge on any atom is 0.264 e. The van der Waals surface area contributed by atoms with E-state index in [0.717, 1.165) is 43.2 Å². The minimum absolute atomic E-state index is 0.190. The molecule has 1 aliphatic heterocycles. The number of thiazole rings is 1. The number of fused-ring (bicyclic) bond motifs is 2. The van der Waals surface area contributed by atoms with Gasteiger partial charge in [-0.05, 0) is 60.7 Å². The van der Waals surface area contributed by atoms with Crippen molar-refractivity contribution in [1.82, 2.24) is 0 Å². The topological polar surface area (TPSA) is 128 Å². The first-order chi connectivity index (χ1) is 20.4. The van der Waals surface area contributed by atoms with E-state index in [2.05, 4.69) is 0 Å². The average Bonchev–Trinajstić information content (AvgIpc) is 3.44. The highest BCUT2D eigenvalue weighted by atomic mass is 32.2. The first-order valence-electron chi connectivity index (χ1n) is 13.7. The maximum atomic E-state index is 11.4. The highest BCUT2D eigenvalue weighted by molar-refractivity contribution is 7.85. The normalized spacial score (nSPS) is 14.8. The molecule has 0 fully saturated rings. The summed E-state index contributed by atoms with van der Waals surface area (Å²) in [5, 5.41) is 0.887. The summed E-state index contributed by atoms with van der Waals surface area (Å²) in [6, 6.07) is 21.9. The van der Waals surface area contributed by atoms with Crippen LogP contribution in [-0.4, -0.2) is 44.0 Å². The number of rotatable bonds is 11. The van der Waals surface area contributed by atoms with Crippen molar-refractivity contribution in [3.05, 3.63) is 94.8 Å². The Hall–Kier alpha value is -3.55. The Morgan fingerprint density at radius 1 is 1.00 bits per heavy atom. The molecular formula is C31H32N2O7S3. The monoisotopic (exact) mass is 640 g/mol. The lowest BCUT2D eigenvalue weighted by atomic mass is 10.0. The largest absolute Gasteiger partial charge is 0.748 e. The van der Waals surface area contributed by atoms with Crippen molar-refractivity contribution in [2.75, 3.05) is 23.0 Å². The highest BCUT2D eigenvalue weighted by Gasteiger charge is 2.27. The van der Waals surface area contributed by atoms with Gasteiger partial charge in [-0.25, -0.2) is 8.42 Å². The molecule has 0 amide bonds. The molecule has 0 radical (unpaired) electrons. The van der Waals surface area contributed by atoms with E-state index in [0.29, 0.717) is 24.7 Å². The van der Waals surface area contributed by atoms with E-state index >= 15 is 0 Å². The predicted molar refractivity (Wildman–Crippen MR) is 169 cm³/mol. The zero-order valence-corrected chi connectivity index (χ0v) is 26.2. The third-order valence-electron chi connectivity index (χ3n) is 6.99. The van der Waals surface area contributed by atoms with E-state index in [9.17, 15) is 25.9 Å². The molecule has 0 saturated heterocycles. The van der Waals surface area contributed by atoms with Crippen LogP contribution in [0.25, 0.3) is 27.4 Å². The van der Waals surface area contributed by atoms with E-state index in [1.54, 1.807) is 11.3 Å². The Kier molecular flexibility index (Phi) is 9.04. The second-order valence-electron chi connectivity index (χ2n) is 10.5. The molecule has 226 valence electrons. The second kappa shape index (κ2) is 12.6. The molecule has 4 aromatic rings. The molecule has 2 heterocycles. The summed E-state index contributed by atoms with van der Waals surface area (Å²) in [7, 11) is -8.44. The van der Waals surface area contributed by atoms with Gasteiger partial charge in [0.25, 0.3) is 15.1 Å². The highest BCUT2D eigenvalue weighted by Crippen LogP contribution is 2.42. The van der Waals surface area contributed by atoms with Crippen molar-refractivity contribution >= 4 is 53.6 Å². The van der Waals surface area contributed by atoms with E-state index in [1.165, 1.54) is 0 Å². The van der Waals surface area contributed by atoms with Crippen LogP contribution in [0.3, 0.4) is 0 Å². The molecule has 0 saturated carbocycles. The summed E-state index contributed by atoms with van der Waals surface area (Å²) in [6.45, 7) is 4.58. The summed E-state index contributed by atoms with van der Waals surface area (Å²) in [5.74, 6) is 0.340. The number of ether oxygens (including phenoxy) is 1. The fraction of sp³-hybridized carbons (Fsp3) is 0.258. The Labute approximate surface area is 255 Å². The number of benzene rings is 3. The van der Waals surface area contributed by atoms with Crippen molar-refractivity contribution in [1.29, 1.82) is 0 Å². The third kappa shape index (κ3) is 7.89. The second-order valence-corrected chi connectivity index (χ2v) is 14.6. The molecule has 0 bridgehead atoms. The van der Waals surface area contributed by atoms with Gasteiger partial charge < -0.3 is 14.2 Å². The Balaban J connectivity index is 1.49. The van der Waals surface area contributed by atoms with Gasteiger partial charge in [0, 0.05) is 36.9 Å².